The van der Waals surface area contributed by atoms with E-state index in [1.807, 2.05) is 0 Å². The maximum atomic E-state index is 5.48. The van der Waals surface area contributed by atoms with Crippen LogP contribution in [0.5, 0.6) is 0 Å². The Bertz CT molecular complexity index is 3810. The van der Waals surface area contributed by atoms with Crippen molar-refractivity contribution in [3.63, 3.8) is 0 Å². The molecule has 0 saturated carbocycles. The molecule has 0 bridgehead atoms. The summed E-state index contributed by atoms with van der Waals surface area (Å²) in [4.78, 5) is 16.2. The highest BCUT2D eigenvalue weighted by molar-refractivity contribution is 6.19. The van der Waals surface area contributed by atoms with Crippen LogP contribution in [-0.2, 0) is 16.2 Å². The number of hydrogen-bond acceptors (Lipinski definition) is 3. The number of fused-ring (bicyclic) bond motifs is 11. The molecule has 2 aliphatic rings. The van der Waals surface area contributed by atoms with Gasteiger partial charge in [0.25, 0.3) is 0 Å². The van der Waals surface area contributed by atoms with Crippen molar-refractivity contribution in [1.29, 1.82) is 0 Å². The predicted octanol–water partition coefficient (Wildman–Crippen LogP) is 15.2. The smallest absolute Gasteiger partial charge is 0.238 e. The van der Waals surface area contributed by atoms with E-state index in [1.54, 1.807) is 0 Å². The minimum absolute atomic E-state index is 0.0647. The van der Waals surface area contributed by atoms with Crippen LogP contribution in [-0.4, -0.2) is 24.1 Å². The van der Waals surface area contributed by atoms with Crippen LogP contribution in [0.1, 0.15) is 76.6 Å². The molecule has 0 N–H and O–H groups in total. The zero-order valence-corrected chi connectivity index (χ0v) is 37.7. The second-order valence-electron chi connectivity index (χ2n) is 20.4. The topological polar surface area (TPSA) is 48.5 Å². The van der Waals surface area contributed by atoms with E-state index in [1.165, 1.54) is 60.6 Å². The van der Waals surface area contributed by atoms with Gasteiger partial charge in [0, 0.05) is 43.8 Å². The Labute approximate surface area is 379 Å². The molecule has 0 spiro atoms. The maximum absolute atomic E-state index is 5.48. The SMILES string of the molecule is CC1(C)CCC(C)(C)c2cc3c(cc21)c1cc2c(cc1n3-c1ccccc1)c1ccccc1n2-c1nc(-c2ccc3c(c2)C(C)(C)c2ccccc2-3)nc(-c2ccc3ccccc3c2)n1. The zero-order valence-electron chi connectivity index (χ0n) is 37.7. The molecule has 0 aliphatic heterocycles. The van der Waals surface area contributed by atoms with Gasteiger partial charge in [-0.1, -0.05) is 151 Å². The summed E-state index contributed by atoms with van der Waals surface area (Å²) in [5.41, 5.74) is 15.7. The normalized spacial score (nSPS) is 15.8. The summed E-state index contributed by atoms with van der Waals surface area (Å²) < 4.78 is 4.77. The van der Waals surface area contributed by atoms with Gasteiger partial charge in [-0.2, -0.15) is 9.97 Å². The van der Waals surface area contributed by atoms with Gasteiger partial charge in [-0.25, -0.2) is 4.98 Å². The molecule has 0 unspecified atom stereocenters. The van der Waals surface area contributed by atoms with E-state index in [9.17, 15) is 0 Å². The summed E-state index contributed by atoms with van der Waals surface area (Å²) in [6, 6.07) is 60.0. The Morgan fingerprint density at radius 3 is 1.74 bits per heavy atom. The number of nitrogens with zero attached hydrogens (tertiary/aromatic N) is 5. The average Bonchev–Trinajstić information content (AvgIpc) is 3.91. The first-order chi connectivity index (χ1) is 31.4. The minimum atomic E-state index is -0.166. The van der Waals surface area contributed by atoms with Crippen molar-refractivity contribution < 1.29 is 0 Å². The molecule has 0 atom stereocenters. The standard InChI is InChI=1S/C60H49N5/c1-58(2)28-29-59(3,4)50-35-54-44(32-49(50)58)46-34-53-45(33-52(46)64(54)40-18-8-7-9-19-40)43-21-13-15-23-51(43)65(53)57-62-55(38-25-24-36-16-10-11-17-37(36)30-38)61-56(63-57)39-26-27-42-41-20-12-14-22-47(41)60(5,6)48(42)31-39/h7-27,30-35H,28-29H2,1-6H3. The van der Waals surface area contributed by atoms with Crippen molar-refractivity contribution in [2.45, 2.75) is 70.6 Å². The summed E-state index contributed by atoms with van der Waals surface area (Å²) >= 11 is 0. The predicted molar refractivity (Wildman–Crippen MR) is 270 cm³/mol. The van der Waals surface area contributed by atoms with Gasteiger partial charge in [-0.15, -0.1) is 0 Å². The maximum Gasteiger partial charge on any atom is 0.238 e. The van der Waals surface area contributed by atoms with Crippen LogP contribution in [0.25, 0.3) is 99.9 Å². The van der Waals surface area contributed by atoms with Crippen LogP contribution in [0, 0.1) is 0 Å². The number of rotatable bonds is 4. The molecule has 5 nitrogen and oxygen atoms in total. The van der Waals surface area contributed by atoms with Gasteiger partial charge in [0.1, 0.15) is 0 Å². The third-order valence-corrected chi connectivity index (χ3v) is 15.2. The lowest BCUT2D eigenvalue weighted by atomic mass is 9.63. The average molecular weight is 840 g/mol. The van der Waals surface area contributed by atoms with E-state index in [-0.39, 0.29) is 16.2 Å². The van der Waals surface area contributed by atoms with E-state index in [0.717, 1.165) is 56.8 Å². The van der Waals surface area contributed by atoms with E-state index in [2.05, 4.69) is 214 Å². The summed E-state index contributed by atoms with van der Waals surface area (Å²) in [6.07, 6.45) is 2.32. The van der Waals surface area contributed by atoms with Crippen molar-refractivity contribution in [2.24, 2.45) is 0 Å². The summed E-state index contributed by atoms with van der Waals surface area (Å²) in [6.45, 7) is 14.3. The fraction of sp³-hybridized carbons (Fsp3) is 0.183. The van der Waals surface area contributed by atoms with Crippen LogP contribution < -0.4 is 0 Å². The Hall–Kier alpha value is -7.37. The lowest BCUT2D eigenvalue weighted by Gasteiger charge is -2.42. The van der Waals surface area contributed by atoms with Gasteiger partial charge in [0.2, 0.25) is 5.95 Å². The second kappa shape index (κ2) is 13.3. The van der Waals surface area contributed by atoms with Gasteiger partial charge in [0.15, 0.2) is 11.6 Å². The first-order valence-corrected chi connectivity index (χ1v) is 23.1. The number of aromatic nitrogens is 5. The van der Waals surface area contributed by atoms with Crippen LogP contribution >= 0.6 is 0 Å². The number of para-hydroxylation sites is 2. The van der Waals surface area contributed by atoms with Crippen LogP contribution in [0.4, 0.5) is 0 Å². The second-order valence-corrected chi connectivity index (χ2v) is 20.4. The van der Waals surface area contributed by atoms with Crippen LogP contribution in [0.15, 0.2) is 164 Å². The Morgan fingerprint density at radius 2 is 0.954 bits per heavy atom. The third-order valence-electron chi connectivity index (χ3n) is 15.2. The molecule has 0 saturated heterocycles. The molecule has 0 fully saturated rings. The molecule has 5 heteroatoms. The van der Waals surface area contributed by atoms with Gasteiger partial charge >= 0.3 is 0 Å². The minimum Gasteiger partial charge on any atom is -0.309 e. The van der Waals surface area contributed by atoms with Crippen molar-refractivity contribution in [3.05, 3.63) is 186 Å². The van der Waals surface area contributed by atoms with E-state index in [0.29, 0.717) is 17.6 Å². The third kappa shape index (κ3) is 5.54. The fourth-order valence-electron chi connectivity index (χ4n) is 11.5. The highest BCUT2D eigenvalue weighted by Gasteiger charge is 2.38. The molecule has 65 heavy (non-hydrogen) atoms. The summed E-state index contributed by atoms with van der Waals surface area (Å²) in [5.74, 6) is 1.89. The molecule has 8 aromatic carbocycles. The first kappa shape index (κ1) is 38.1. The number of hydrogen-bond donors (Lipinski definition) is 0. The number of benzene rings is 8. The highest BCUT2D eigenvalue weighted by atomic mass is 15.2. The lowest BCUT2D eigenvalue weighted by molar-refractivity contribution is 0.332. The van der Waals surface area contributed by atoms with Gasteiger partial charge in [-0.05, 0) is 122 Å². The largest absolute Gasteiger partial charge is 0.309 e. The van der Waals surface area contributed by atoms with Crippen molar-refractivity contribution in [3.8, 4) is 45.5 Å². The monoisotopic (exact) mass is 839 g/mol. The highest BCUT2D eigenvalue weighted by Crippen LogP contribution is 2.51. The summed E-state index contributed by atoms with van der Waals surface area (Å²) in [7, 11) is 0. The molecule has 2 aliphatic carbocycles. The van der Waals surface area contributed by atoms with Gasteiger partial charge < -0.3 is 4.57 Å². The van der Waals surface area contributed by atoms with E-state index >= 15 is 0 Å². The first-order valence-electron chi connectivity index (χ1n) is 23.1. The molecule has 3 heterocycles. The molecule has 13 rings (SSSR count). The Kier molecular flexibility index (Phi) is 7.82. The van der Waals surface area contributed by atoms with Gasteiger partial charge in [0.05, 0.1) is 22.1 Å². The Balaban J connectivity index is 1.11. The quantitative estimate of drug-likeness (QED) is 0.177. The van der Waals surface area contributed by atoms with E-state index < -0.39 is 0 Å². The molecular weight excluding hydrogens is 791 g/mol. The van der Waals surface area contributed by atoms with E-state index in [4.69, 9.17) is 15.0 Å². The lowest BCUT2D eigenvalue weighted by Crippen LogP contribution is -2.33. The fourth-order valence-corrected chi connectivity index (χ4v) is 11.5. The molecule has 0 radical (unpaired) electrons. The van der Waals surface area contributed by atoms with Crippen molar-refractivity contribution >= 4 is 54.4 Å². The van der Waals surface area contributed by atoms with Crippen LogP contribution in [0.3, 0.4) is 0 Å². The molecular formula is C60H49N5. The molecule has 3 aromatic heterocycles. The molecule has 314 valence electrons. The zero-order chi connectivity index (χ0) is 44.0. The van der Waals surface area contributed by atoms with Crippen LogP contribution in [0.2, 0.25) is 0 Å². The summed E-state index contributed by atoms with van der Waals surface area (Å²) in [5, 5.41) is 7.12. The van der Waals surface area contributed by atoms with Gasteiger partial charge in [-0.3, -0.25) is 4.57 Å². The molecule has 0 amide bonds. The Morgan fingerprint density at radius 1 is 0.385 bits per heavy atom. The van der Waals surface area contributed by atoms with Crippen molar-refractivity contribution in [1.82, 2.24) is 24.1 Å². The molecule has 11 aromatic rings. The van der Waals surface area contributed by atoms with Crippen molar-refractivity contribution in [2.75, 3.05) is 0 Å².